The Morgan fingerprint density at radius 1 is 1.25 bits per heavy atom. The van der Waals surface area contributed by atoms with E-state index in [1.165, 1.54) is 10.4 Å². The molecule has 2 heterocycles. The second-order valence-electron chi connectivity index (χ2n) is 6.02. The number of hydrazine groups is 1. The summed E-state index contributed by atoms with van der Waals surface area (Å²) in [5.41, 5.74) is 3.78. The number of anilines is 1. The quantitative estimate of drug-likeness (QED) is 0.671. The van der Waals surface area contributed by atoms with Gasteiger partial charge in [0.05, 0.1) is 5.39 Å². The van der Waals surface area contributed by atoms with Crippen LogP contribution < -0.4 is 11.3 Å². The summed E-state index contributed by atoms with van der Waals surface area (Å²) in [7, 11) is 1.68. The van der Waals surface area contributed by atoms with Crippen molar-refractivity contribution in [2.45, 2.75) is 40.7 Å². The lowest BCUT2D eigenvalue weighted by Gasteiger charge is -2.28. The van der Waals surface area contributed by atoms with Crippen molar-refractivity contribution < 1.29 is 4.74 Å². The molecular formula is C14H22N4OS. The Labute approximate surface area is 123 Å². The number of nitrogens with two attached hydrogens (primary N) is 1. The molecule has 2 aromatic rings. The molecule has 0 radical (unpaired) electrons. The molecule has 0 bridgehead atoms. The molecule has 2 aromatic heterocycles. The summed E-state index contributed by atoms with van der Waals surface area (Å²) in [5.74, 6) is 6.97. The van der Waals surface area contributed by atoms with Crippen LogP contribution in [0.1, 0.15) is 43.1 Å². The monoisotopic (exact) mass is 294 g/mol. The molecule has 110 valence electrons. The Morgan fingerprint density at radius 2 is 1.90 bits per heavy atom. The van der Waals surface area contributed by atoms with Crippen LogP contribution in [0.15, 0.2) is 0 Å². The highest BCUT2D eigenvalue weighted by Gasteiger charge is 2.30. The normalized spacial score (nSPS) is 13.8. The van der Waals surface area contributed by atoms with Crippen molar-refractivity contribution in [3.63, 3.8) is 0 Å². The van der Waals surface area contributed by atoms with Gasteiger partial charge in [0, 0.05) is 12.0 Å². The van der Waals surface area contributed by atoms with E-state index >= 15 is 0 Å². The molecule has 0 aliphatic heterocycles. The summed E-state index contributed by atoms with van der Waals surface area (Å²) in [6.45, 7) is 10.5. The molecule has 1 unspecified atom stereocenters. The minimum absolute atomic E-state index is 0.0877. The summed E-state index contributed by atoms with van der Waals surface area (Å²) in [5, 5.41) is 1.00. The molecule has 20 heavy (non-hydrogen) atoms. The van der Waals surface area contributed by atoms with Gasteiger partial charge in [0.15, 0.2) is 11.6 Å². The number of fused-ring (bicyclic) bond motifs is 1. The van der Waals surface area contributed by atoms with E-state index in [-0.39, 0.29) is 11.5 Å². The van der Waals surface area contributed by atoms with E-state index in [0.717, 1.165) is 10.2 Å². The smallest absolute Gasteiger partial charge is 0.161 e. The van der Waals surface area contributed by atoms with Crippen LogP contribution in [0, 0.1) is 19.3 Å². The lowest BCUT2D eigenvalue weighted by molar-refractivity contribution is 0.00904. The lowest BCUT2D eigenvalue weighted by atomic mass is 9.88. The number of aryl methyl sites for hydroxylation is 2. The van der Waals surface area contributed by atoms with Crippen LogP contribution in [0.4, 0.5) is 5.82 Å². The molecule has 0 amide bonds. The van der Waals surface area contributed by atoms with Gasteiger partial charge in [-0.05, 0) is 24.8 Å². The molecule has 0 spiro atoms. The Hall–Kier alpha value is -1.24. The second kappa shape index (κ2) is 5.27. The number of hydrogen-bond acceptors (Lipinski definition) is 6. The maximum absolute atomic E-state index is 5.64. The predicted molar refractivity (Wildman–Crippen MR) is 83.9 cm³/mol. The summed E-state index contributed by atoms with van der Waals surface area (Å²) >= 11 is 1.66. The van der Waals surface area contributed by atoms with Gasteiger partial charge in [-0.15, -0.1) is 11.3 Å². The predicted octanol–water partition coefficient (Wildman–Crippen LogP) is 3.33. The Kier molecular flexibility index (Phi) is 4.00. The third-order valence-electron chi connectivity index (χ3n) is 3.44. The molecule has 2 rings (SSSR count). The molecule has 0 aromatic carbocycles. The fraction of sp³-hybridized carbons (Fsp3) is 0.571. The van der Waals surface area contributed by atoms with Gasteiger partial charge in [-0.3, -0.25) is 0 Å². The highest BCUT2D eigenvalue weighted by molar-refractivity contribution is 7.18. The summed E-state index contributed by atoms with van der Waals surface area (Å²) in [6, 6.07) is 0. The molecule has 1 atom stereocenters. The molecule has 0 aliphatic rings. The van der Waals surface area contributed by atoms with Gasteiger partial charge >= 0.3 is 0 Å². The maximum atomic E-state index is 5.64. The zero-order valence-electron chi connectivity index (χ0n) is 12.9. The fourth-order valence-electron chi connectivity index (χ4n) is 2.33. The maximum Gasteiger partial charge on any atom is 0.161 e. The molecule has 5 nitrogen and oxygen atoms in total. The molecule has 0 aliphatic carbocycles. The Bertz CT molecular complexity index is 630. The van der Waals surface area contributed by atoms with Gasteiger partial charge in [-0.1, -0.05) is 20.8 Å². The first-order valence-corrected chi connectivity index (χ1v) is 7.38. The van der Waals surface area contributed by atoms with E-state index in [0.29, 0.717) is 11.6 Å². The number of nitrogens with zero attached hydrogens (tertiary/aromatic N) is 2. The third kappa shape index (κ3) is 2.51. The van der Waals surface area contributed by atoms with E-state index in [9.17, 15) is 0 Å². The van der Waals surface area contributed by atoms with Crippen LogP contribution in [-0.4, -0.2) is 17.1 Å². The second-order valence-corrected chi connectivity index (χ2v) is 7.22. The van der Waals surface area contributed by atoms with Crippen LogP contribution in [0.25, 0.3) is 10.2 Å². The number of rotatable bonds is 3. The average molecular weight is 294 g/mol. The minimum atomic E-state index is -0.179. The number of methoxy groups -OCH3 is 1. The highest BCUT2D eigenvalue weighted by atomic mass is 32.1. The summed E-state index contributed by atoms with van der Waals surface area (Å²) < 4.78 is 5.60. The van der Waals surface area contributed by atoms with E-state index in [1.54, 1.807) is 18.4 Å². The number of ether oxygens (including phenoxy) is 1. The van der Waals surface area contributed by atoms with Gasteiger partial charge in [-0.2, -0.15) is 0 Å². The van der Waals surface area contributed by atoms with Gasteiger partial charge in [0.1, 0.15) is 10.9 Å². The molecule has 0 saturated heterocycles. The summed E-state index contributed by atoms with van der Waals surface area (Å²) in [6.07, 6.45) is -0.179. The van der Waals surface area contributed by atoms with Crippen molar-refractivity contribution in [1.82, 2.24) is 9.97 Å². The zero-order valence-corrected chi connectivity index (χ0v) is 13.7. The van der Waals surface area contributed by atoms with Gasteiger partial charge < -0.3 is 10.2 Å². The lowest BCUT2D eigenvalue weighted by Crippen LogP contribution is -2.23. The van der Waals surface area contributed by atoms with E-state index in [2.05, 4.69) is 50.0 Å². The van der Waals surface area contributed by atoms with Crippen LogP contribution >= 0.6 is 11.3 Å². The van der Waals surface area contributed by atoms with Crippen molar-refractivity contribution in [2.75, 3.05) is 12.5 Å². The minimum Gasteiger partial charge on any atom is -0.373 e. The molecule has 3 N–H and O–H groups in total. The molecule has 0 saturated carbocycles. The van der Waals surface area contributed by atoms with E-state index < -0.39 is 0 Å². The Balaban J connectivity index is 2.68. The van der Waals surface area contributed by atoms with E-state index in [1.807, 2.05) is 0 Å². The van der Waals surface area contributed by atoms with Gasteiger partial charge in [0.25, 0.3) is 0 Å². The average Bonchev–Trinajstić information content (AvgIpc) is 2.63. The SMILES string of the molecule is COC(c1nc(NN)c2c(C)c(C)sc2n1)C(C)(C)C. The fourth-order valence-corrected chi connectivity index (χ4v) is 3.37. The van der Waals surface area contributed by atoms with Gasteiger partial charge in [0.2, 0.25) is 0 Å². The van der Waals surface area contributed by atoms with Crippen LogP contribution in [-0.2, 0) is 4.74 Å². The van der Waals surface area contributed by atoms with Crippen molar-refractivity contribution in [3.8, 4) is 0 Å². The number of thiophene rings is 1. The van der Waals surface area contributed by atoms with Crippen LogP contribution in [0.3, 0.4) is 0 Å². The number of aromatic nitrogens is 2. The molecule has 0 fully saturated rings. The topological polar surface area (TPSA) is 73.1 Å². The zero-order chi connectivity index (χ0) is 15.1. The van der Waals surface area contributed by atoms with Crippen LogP contribution in [0.2, 0.25) is 0 Å². The van der Waals surface area contributed by atoms with E-state index in [4.69, 9.17) is 10.6 Å². The largest absolute Gasteiger partial charge is 0.373 e. The van der Waals surface area contributed by atoms with Crippen molar-refractivity contribution >= 4 is 27.4 Å². The standard InChI is InChI=1S/C14H22N4OS/c1-7-8(2)20-13-9(7)11(18-15)16-12(17-13)10(19-6)14(3,4)5/h10H,15H2,1-6H3,(H,16,17,18). The first-order valence-electron chi connectivity index (χ1n) is 6.56. The van der Waals surface area contributed by atoms with Gasteiger partial charge in [-0.25, -0.2) is 15.8 Å². The third-order valence-corrected chi connectivity index (χ3v) is 4.54. The highest BCUT2D eigenvalue weighted by Crippen LogP contribution is 2.38. The molecule has 6 heteroatoms. The van der Waals surface area contributed by atoms with Crippen molar-refractivity contribution in [3.05, 3.63) is 16.3 Å². The number of nitrogens with one attached hydrogen (secondary N) is 1. The molecular weight excluding hydrogens is 272 g/mol. The Morgan fingerprint density at radius 3 is 2.40 bits per heavy atom. The number of nitrogen functional groups attached to an aromatic ring is 1. The number of hydrogen-bond donors (Lipinski definition) is 2. The first-order chi connectivity index (χ1) is 9.29. The first kappa shape index (κ1) is 15.2. The van der Waals surface area contributed by atoms with Crippen molar-refractivity contribution in [1.29, 1.82) is 0 Å². The summed E-state index contributed by atoms with van der Waals surface area (Å²) in [4.78, 5) is 11.4. The van der Waals surface area contributed by atoms with Crippen LogP contribution in [0.5, 0.6) is 0 Å². The van der Waals surface area contributed by atoms with Crippen molar-refractivity contribution in [2.24, 2.45) is 11.3 Å².